The number of carbonyl (C=O) groups excluding carboxylic acids is 1. The van der Waals surface area contributed by atoms with E-state index in [0.717, 1.165) is 42.7 Å². The summed E-state index contributed by atoms with van der Waals surface area (Å²) in [7, 11) is 0. The minimum absolute atomic E-state index is 0.00285. The summed E-state index contributed by atoms with van der Waals surface area (Å²) in [5, 5.41) is 3.04. The van der Waals surface area contributed by atoms with Crippen LogP contribution >= 0.6 is 0 Å². The molecule has 0 aliphatic carbocycles. The molecule has 4 heterocycles. The summed E-state index contributed by atoms with van der Waals surface area (Å²) < 4.78 is 2.00. The molecule has 3 aromatic rings. The van der Waals surface area contributed by atoms with Gasteiger partial charge < -0.3 is 14.6 Å². The van der Waals surface area contributed by atoms with Gasteiger partial charge in [-0.2, -0.15) is 0 Å². The highest BCUT2D eigenvalue weighted by molar-refractivity contribution is 5.75. The van der Waals surface area contributed by atoms with Crippen molar-refractivity contribution in [1.29, 1.82) is 0 Å². The van der Waals surface area contributed by atoms with Crippen LogP contribution in [0.5, 0.6) is 0 Å². The number of hydrogen-bond acceptors (Lipinski definition) is 3. The average Bonchev–Trinajstić information content (AvgIpc) is 3.29. The van der Waals surface area contributed by atoms with E-state index in [1.54, 1.807) is 12.4 Å². The summed E-state index contributed by atoms with van der Waals surface area (Å²) in [6.07, 6.45) is 10.3. The van der Waals surface area contributed by atoms with Crippen LogP contribution in [0.2, 0.25) is 0 Å². The zero-order valence-electron chi connectivity index (χ0n) is 14.0. The van der Waals surface area contributed by atoms with E-state index < -0.39 is 0 Å². The molecule has 4 rings (SSSR count). The number of nitrogens with one attached hydrogen (secondary N) is 1. The molecule has 1 unspecified atom stereocenters. The van der Waals surface area contributed by atoms with E-state index in [1.165, 1.54) is 0 Å². The first-order valence-corrected chi connectivity index (χ1v) is 8.68. The van der Waals surface area contributed by atoms with Crippen molar-refractivity contribution < 1.29 is 4.79 Å². The molecule has 1 saturated heterocycles. The van der Waals surface area contributed by atoms with Crippen molar-refractivity contribution in [1.82, 2.24) is 24.6 Å². The second-order valence-corrected chi connectivity index (χ2v) is 6.31. The van der Waals surface area contributed by atoms with Crippen LogP contribution in [0.1, 0.15) is 30.1 Å². The van der Waals surface area contributed by atoms with Crippen LogP contribution in [-0.2, 0) is 6.42 Å². The Labute approximate surface area is 146 Å². The second-order valence-electron chi connectivity index (χ2n) is 6.31. The molecule has 0 saturated carbocycles. The molecule has 0 aromatic carbocycles. The third kappa shape index (κ3) is 3.33. The SMILES string of the molecule is O=C(NCCc1cn2ccccc2n1)N1CCCC1c1ccncc1. The average molecular weight is 335 g/mol. The summed E-state index contributed by atoms with van der Waals surface area (Å²) >= 11 is 0. The van der Waals surface area contributed by atoms with Gasteiger partial charge >= 0.3 is 6.03 Å². The zero-order chi connectivity index (χ0) is 17.1. The number of likely N-dealkylation sites (tertiary alicyclic amines) is 1. The maximum atomic E-state index is 12.6. The molecule has 0 radical (unpaired) electrons. The van der Waals surface area contributed by atoms with E-state index in [-0.39, 0.29) is 12.1 Å². The van der Waals surface area contributed by atoms with Gasteiger partial charge in [0.25, 0.3) is 0 Å². The van der Waals surface area contributed by atoms with Crippen LogP contribution in [0.3, 0.4) is 0 Å². The largest absolute Gasteiger partial charge is 0.338 e. The van der Waals surface area contributed by atoms with Crippen molar-refractivity contribution in [2.45, 2.75) is 25.3 Å². The van der Waals surface area contributed by atoms with E-state index in [9.17, 15) is 4.79 Å². The van der Waals surface area contributed by atoms with Gasteiger partial charge in [-0.15, -0.1) is 0 Å². The van der Waals surface area contributed by atoms with Crippen LogP contribution in [-0.4, -0.2) is 38.4 Å². The highest BCUT2D eigenvalue weighted by atomic mass is 16.2. The van der Waals surface area contributed by atoms with Crippen molar-refractivity contribution in [3.05, 3.63) is 66.4 Å². The molecule has 2 amide bonds. The maximum Gasteiger partial charge on any atom is 0.317 e. The van der Waals surface area contributed by atoms with Crippen molar-refractivity contribution in [2.75, 3.05) is 13.1 Å². The number of urea groups is 1. The Morgan fingerprint density at radius 1 is 1.24 bits per heavy atom. The Bertz CT molecular complexity index is 827. The van der Waals surface area contributed by atoms with Crippen LogP contribution in [0.4, 0.5) is 4.79 Å². The molecule has 1 N–H and O–H groups in total. The molecule has 6 nitrogen and oxygen atoms in total. The van der Waals surface area contributed by atoms with Gasteiger partial charge in [0.1, 0.15) is 5.65 Å². The summed E-state index contributed by atoms with van der Waals surface area (Å²) in [6.45, 7) is 1.38. The minimum atomic E-state index is 0.00285. The lowest BCUT2D eigenvalue weighted by atomic mass is 10.1. The number of imidazole rings is 1. The molecule has 1 aliphatic rings. The lowest BCUT2D eigenvalue weighted by molar-refractivity contribution is 0.193. The fourth-order valence-corrected chi connectivity index (χ4v) is 3.45. The van der Waals surface area contributed by atoms with Crippen molar-refractivity contribution >= 4 is 11.7 Å². The van der Waals surface area contributed by atoms with Gasteiger partial charge in [0, 0.05) is 44.3 Å². The van der Waals surface area contributed by atoms with E-state index in [1.807, 2.05) is 52.0 Å². The number of fused-ring (bicyclic) bond motifs is 1. The fraction of sp³-hybridized carbons (Fsp3) is 0.316. The van der Waals surface area contributed by atoms with Gasteiger partial charge in [-0.25, -0.2) is 9.78 Å². The van der Waals surface area contributed by atoms with Crippen molar-refractivity contribution in [3.8, 4) is 0 Å². The topological polar surface area (TPSA) is 62.5 Å². The smallest absolute Gasteiger partial charge is 0.317 e. The van der Waals surface area contributed by atoms with Gasteiger partial charge in [0.15, 0.2) is 0 Å². The first-order chi connectivity index (χ1) is 12.3. The van der Waals surface area contributed by atoms with Crippen LogP contribution in [0.15, 0.2) is 55.1 Å². The van der Waals surface area contributed by atoms with E-state index in [0.29, 0.717) is 6.54 Å². The normalized spacial score (nSPS) is 17.1. The van der Waals surface area contributed by atoms with Gasteiger partial charge in [-0.05, 0) is 42.7 Å². The molecule has 25 heavy (non-hydrogen) atoms. The number of aromatic nitrogens is 3. The number of carbonyl (C=O) groups is 1. The molecule has 0 spiro atoms. The van der Waals surface area contributed by atoms with Crippen LogP contribution in [0, 0.1) is 0 Å². The fourth-order valence-electron chi connectivity index (χ4n) is 3.45. The van der Waals surface area contributed by atoms with E-state index >= 15 is 0 Å². The number of amides is 2. The lowest BCUT2D eigenvalue weighted by Gasteiger charge is -2.25. The predicted molar refractivity (Wildman–Crippen MR) is 95.2 cm³/mol. The van der Waals surface area contributed by atoms with E-state index in [2.05, 4.69) is 15.3 Å². The molecule has 1 aliphatic heterocycles. The molecule has 0 bridgehead atoms. The number of pyridine rings is 2. The molecular formula is C19H21N5O. The highest BCUT2D eigenvalue weighted by Gasteiger charge is 2.29. The van der Waals surface area contributed by atoms with Crippen LogP contribution < -0.4 is 5.32 Å². The summed E-state index contributed by atoms with van der Waals surface area (Å²) in [6, 6.07) is 10.1. The van der Waals surface area contributed by atoms with Crippen molar-refractivity contribution in [2.24, 2.45) is 0 Å². The van der Waals surface area contributed by atoms with Gasteiger partial charge in [-0.3, -0.25) is 4.98 Å². The molecule has 128 valence electrons. The quantitative estimate of drug-likeness (QED) is 0.797. The summed E-state index contributed by atoms with van der Waals surface area (Å²) in [5.41, 5.74) is 3.07. The minimum Gasteiger partial charge on any atom is -0.338 e. The van der Waals surface area contributed by atoms with Gasteiger partial charge in [-0.1, -0.05) is 6.07 Å². The molecule has 1 atom stereocenters. The zero-order valence-corrected chi connectivity index (χ0v) is 14.0. The molecular weight excluding hydrogens is 314 g/mol. The Morgan fingerprint density at radius 2 is 2.12 bits per heavy atom. The standard InChI is InChI=1S/C19H21N5O/c25-19(24-13-3-4-17(24)15-6-9-20-10-7-15)21-11-8-16-14-23-12-2-1-5-18(23)22-16/h1-2,5-7,9-10,12,14,17H,3-4,8,11,13H2,(H,21,25). The van der Waals surface area contributed by atoms with Gasteiger partial charge in [0.05, 0.1) is 11.7 Å². The first kappa shape index (κ1) is 15.6. The van der Waals surface area contributed by atoms with Crippen LogP contribution in [0.25, 0.3) is 5.65 Å². The molecule has 6 heteroatoms. The Morgan fingerprint density at radius 3 is 2.96 bits per heavy atom. The maximum absolute atomic E-state index is 12.6. The Balaban J connectivity index is 1.35. The monoisotopic (exact) mass is 335 g/mol. The third-order valence-corrected chi connectivity index (χ3v) is 4.68. The van der Waals surface area contributed by atoms with E-state index in [4.69, 9.17) is 0 Å². The summed E-state index contributed by atoms with van der Waals surface area (Å²) in [5.74, 6) is 0. The Hall–Kier alpha value is -2.89. The summed E-state index contributed by atoms with van der Waals surface area (Å²) in [4.78, 5) is 23.1. The number of rotatable bonds is 4. The second kappa shape index (κ2) is 6.93. The highest BCUT2D eigenvalue weighted by Crippen LogP contribution is 2.31. The Kier molecular flexibility index (Phi) is 4.33. The number of hydrogen-bond donors (Lipinski definition) is 1. The molecule has 1 fully saturated rings. The molecule has 3 aromatic heterocycles. The first-order valence-electron chi connectivity index (χ1n) is 8.68. The van der Waals surface area contributed by atoms with Crippen molar-refractivity contribution in [3.63, 3.8) is 0 Å². The lowest BCUT2D eigenvalue weighted by Crippen LogP contribution is -2.40. The third-order valence-electron chi connectivity index (χ3n) is 4.68. The van der Waals surface area contributed by atoms with Gasteiger partial charge in [0.2, 0.25) is 0 Å². The number of nitrogens with zero attached hydrogens (tertiary/aromatic N) is 4. The predicted octanol–water partition coefficient (Wildman–Crippen LogP) is 2.82.